The highest BCUT2D eigenvalue weighted by Gasteiger charge is 2.26. The van der Waals surface area contributed by atoms with Gasteiger partial charge in [-0.2, -0.15) is 0 Å². The fourth-order valence-electron chi connectivity index (χ4n) is 3.60. The number of piperazine rings is 1. The van der Waals surface area contributed by atoms with Gasteiger partial charge in [0, 0.05) is 39.2 Å². The first-order chi connectivity index (χ1) is 12.6. The average molecular weight is 362 g/mol. The van der Waals surface area contributed by atoms with Gasteiger partial charge in [0.1, 0.15) is 5.82 Å². The third kappa shape index (κ3) is 5.27. The van der Waals surface area contributed by atoms with E-state index in [-0.39, 0.29) is 23.7 Å². The Hall–Kier alpha value is -1.95. The Labute approximate surface area is 154 Å². The number of halogens is 1. The molecule has 0 saturated carbocycles. The molecule has 2 saturated heterocycles. The van der Waals surface area contributed by atoms with Crippen molar-refractivity contribution in [2.75, 3.05) is 32.8 Å². The van der Waals surface area contributed by atoms with E-state index in [4.69, 9.17) is 4.74 Å². The summed E-state index contributed by atoms with van der Waals surface area (Å²) in [4.78, 5) is 28.4. The Morgan fingerprint density at radius 1 is 1.08 bits per heavy atom. The van der Waals surface area contributed by atoms with E-state index in [1.807, 2.05) is 11.0 Å². The smallest absolute Gasteiger partial charge is 0.225 e. The van der Waals surface area contributed by atoms with Crippen molar-refractivity contribution in [3.8, 4) is 0 Å². The van der Waals surface area contributed by atoms with Crippen LogP contribution >= 0.6 is 0 Å². The van der Waals surface area contributed by atoms with Gasteiger partial charge in [-0.25, -0.2) is 4.39 Å². The monoisotopic (exact) mass is 362 g/mol. The molecule has 0 radical (unpaired) electrons. The van der Waals surface area contributed by atoms with Crippen LogP contribution in [0.1, 0.15) is 37.7 Å². The lowest BCUT2D eigenvalue weighted by molar-refractivity contribution is -0.141. The molecule has 0 aliphatic carbocycles. The van der Waals surface area contributed by atoms with Gasteiger partial charge >= 0.3 is 0 Å². The third-order valence-electron chi connectivity index (χ3n) is 5.18. The standard InChI is InChI=1S/C20H27FN2O3/c21-17-5-3-4-16(14-17)7-8-19(24)22-9-11-23(12-10-22)20(25)15-18-6-1-2-13-26-18/h3-5,14,18H,1-2,6-13,15H2. The molecule has 5 nitrogen and oxygen atoms in total. The number of aryl methyl sites for hydroxylation is 1. The molecule has 2 heterocycles. The van der Waals surface area contributed by atoms with Crippen LogP contribution in [-0.4, -0.2) is 60.5 Å². The van der Waals surface area contributed by atoms with Crippen molar-refractivity contribution in [1.82, 2.24) is 9.80 Å². The van der Waals surface area contributed by atoms with Crippen LogP contribution in [0.3, 0.4) is 0 Å². The Morgan fingerprint density at radius 2 is 1.81 bits per heavy atom. The van der Waals surface area contributed by atoms with Crippen molar-refractivity contribution in [2.24, 2.45) is 0 Å². The molecule has 2 aliphatic rings. The minimum atomic E-state index is -0.274. The molecule has 6 heteroatoms. The van der Waals surface area contributed by atoms with Gasteiger partial charge in [-0.05, 0) is 43.4 Å². The lowest BCUT2D eigenvalue weighted by Gasteiger charge is -2.35. The van der Waals surface area contributed by atoms with Crippen molar-refractivity contribution in [3.05, 3.63) is 35.6 Å². The fourth-order valence-corrected chi connectivity index (χ4v) is 3.60. The zero-order chi connectivity index (χ0) is 18.4. The van der Waals surface area contributed by atoms with E-state index in [1.165, 1.54) is 12.1 Å². The van der Waals surface area contributed by atoms with E-state index in [1.54, 1.807) is 11.0 Å². The summed E-state index contributed by atoms with van der Waals surface area (Å²) in [6.07, 6.45) is 4.59. The fraction of sp³-hybridized carbons (Fsp3) is 0.600. The van der Waals surface area contributed by atoms with Crippen LogP contribution in [0.25, 0.3) is 0 Å². The first-order valence-electron chi connectivity index (χ1n) is 9.53. The van der Waals surface area contributed by atoms with E-state index in [2.05, 4.69) is 0 Å². The number of hydrogen-bond acceptors (Lipinski definition) is 3. The summed E-state index contributed by atoms with van der Waals surface area (Å²) in [5.74, 6) is -0.0789. The molecular formula is C20H27FN2O3. The minimum Gasteiger partial charge on any atom is -0.378 e. The van der Waals surface area contributed by atoms with E-state index in [0.29, 0.717) is 45.4 Å². The number of ether oxygens (including phenoxy) is 1. The predicted octanol–water partition coefficient (Wildman–Crippen LogP) is 2.39. The molecule has 1 unspecified atom stereocenters. The maximum absolute atomic E-state index is 13.2. The lowest BCUT2D eigenvalue weighted by Crippen LogP contribution is -2.51. The maximum atomic E-state index is 13.2. The van der Waals surface area contributed by atoms with Crippen LogP contribution < -0.4 is 0 Å². The van der Waals surface area contributed by atoms with Crippen molar-refractivity contribution in [3.63, 3.8) is 0 Å². The molecule has 26 heavy (non-hydrogen) atoms. The SMILES string of the molecule is O=C(CCc1cccc(F)c1)N1CCN(C(=O)CC2CCCCO2)CC1. The summed E-state index contributed by atoms with van der Waals surface area (Å²) in [5, 5.41) is 0. The van der Waals surface area contributed by atoms with Gasteiger partial charge in [-0.1, -0.05) is 12.1 Å². The molecular weight excluding hydrogens is 335 g/mol. The first-order valence-corrected chi connectivity index (χ1v) is 9.53. The number of carbonyl (C=O) groups excluding carboxylic acids is 2. The highest BCUT2D eigenvalue weighted by atomic mass is 19.1. The van der Waals surface area contributed by atoms with Gasteiger partial charge in [0.05, 0.1) is 12.5 Å². The van der Waals surface area contributed by atoms with Gasteiger partial charge in [0.15, 0.2) is 0 Å². The molecule has 1 aromatic carbocycles. The summed E-state index contributed by atoms with van der Waals surface area (Å²) >= 11 is 0. The highest BCUT2D eigenvalue weighted by molar-refractivity contribution is 5.79. The van der Waals surface area contributed by atoms with Crippen LogP contribution in [0.2, 0.25) is 0 Å². The third-order valence-corrected chi connectivity index (χ3v) is 5.18. The van der Waals surface area contributed by atoms with Crippen LogP contribution in [0, 0.1) is 5.82 Å². The normalized spacial score (nSPS) is 20.9. The van der Waals surface area contributed by atoms with Crippen molar-refractivity contribution in [2.45, 2.75) is 44.6 Å². The molecule has 2 amide bonds. The predicted molar refractivity (Wildman–Crippen MR) is 96.1 cm³/mol. The van der Waals surface area contributed by atoms with Gasteiger partial charge in [0.25, 0.3) is 0 Å². The summed E-state index contributed by atoms with van der Waals surface area (Å²) in [7, 11) is 0. The number of hydrogen-bond donors (Lipinski definition) is 0. The van der Waals surface area contributed by atoms with E-state index < -0.39 is 0 Å². The topological polar surface area (TPSA) is 49.9 Å². The summed E-state index contributed by atoms with van der Waals surface area (Å²) in [6.45, 7) is 3.05. The molecule has 0 bridgehead atoms. The minimum absolute atomic E-state index is 0.0576. The molecule has 142 valence electrons. The molecule has 2 aliphatic heterocycles. The number of nitrogens with zero attached hydrogens (tertiary/aromatic N) is 2. The van der Waals surface area contributed by atoms with Crippen LogP contribution in [0.5, 0.6) is 0 Å². The van der Waals surface area contributed by atoms with E-state index in [0.717, 1.165) is 31.4 Å². The summed E-state index contributed by atoms with van der Waals surface area (Å²) < 4.78 is 18.8. The van der Waals surface area contributed by atoms with Gasteiger partial charge in [-0.3, -0.25) is 9.59 Å². The van der Waals surface area contributed by atoms with E-state index >= 15 is 0 Å². The maximum Gasteiger partial charge on any atom is 0.225 e. The van der Waals surface area contributed by atoms with Gasteiger partial charge in [-0.15, -0.1) is 0 Å². The Kier molecular flexibility index (Phi) is 6.61. The number of amides is 2. The Morgan fingerprint density at radius 3 is 2.46 bits per heavy atom. The Balaban J connectivity index is 1.39. The summed E-state index contributed by atoms with van der Waals surface area (Å²) in [6, 6.07) is 6.37. The Bertz CT molecular complexity index is 623. The molecule has 0 aromatic heterocycles. The molecule has 2 fully saturated rings. The molecule has 0 spiro atoms. The van der Waals surface area contributed by atoms with Crippen molar-refractivity contribution >= 4 is 11.8 Å². The van der Waals surface area contributed by atoms with E-state index in [9.17, 15) is 14.0 Å². The average Bonchev–Trinajstić information content (AvgIpc) is 2.67. The quantitative estimate of drug-likeness (QED) is 0.808. The lowest BCUT2D eigenvalue weighted by atomic mass is 10.1. The van der Waals surface area contributed by atoms with Crippen LogP contribution in [0.15, 0.2) is 24.3 Å². The van der Waals surface area contributed by atoms with Crippen molar-refractivity contribution < 1.29 is 18.7 Å². The number of carbonyl (C=O) groups is 2. The zero-order valence-corrected chi connectivity index (χ0v) is 15.2. The second kappa shape index (κ2) is 9.12. The first kappa shape index (κ1) is 18.8. The summed E-state index contributed by atoms with van der Waals surface area (Å²) in [5.41, 5.74) is 0.833. The molecule has 0 N–H and O–H groups in total. The van der Waals surface area contributed by atoms with Gasteiger partial charge < -0.3 is 14.5 Å². The number of benzene rings is 1. The molecule has 3 rings (SSSR count). The second-order valence-electron chi connectivity index (χ2n) is 7.08. The molecule has 1 aromatic rings. The zero-order valence-electron chi connectivity index (χ0n) is 15.2. The largest absolute Gasteiger partial charge is 0.378 e. The van der Waals surface area contributed by atoms with Crippen LogP contribution in [-0.2, 0) is 20.7 Å². The highest BCUT2D eigenvalue weighted by Crippen LogP contribution is 2.17. The number of rotatable bonds is 5. The molecule has 1 atom stereocenters. The van der Waals surface area contributed by atoms with Crippen molar-refractivity contribution in [1.29, 1.82) is 0 Å². The second-order valence-corrected chi connectivity index (χ2v) is 7.08. The van der Waals surface area contributed by atoms with Gasteiger partial charge in [0.2, 0.25) is 11.8 Å². The van der Waals surface area contributed by atoms with Crippen LogP contribution in [0.4, 0.5) is 4.39 Å².